The number of methoxy groups -OCH3 is 1. The van der Waals surface area contributed by atoms with Crippen LogP contribution in [0.15, 0.2) is 23.1 Å². The van der Waals surface area contributed by atoms with Gasteiger partial charge in [0.2, 0.25) is 10.0 Å². The molecule has 0 aliphatic heterocycles. The molecule has 7 heteroatoms. The summed E-state index contributed by atoms with van der Waals surface area (Å²) in [6.07, 6.45) is 3.75. The fourth-order valence-corrected chi connectivity index (χ4v) is 4.70. The number of amides is 1. The van der Waals surface area contributed by atoms with Gasteiger partial charge in [-0.1, -0.05) is 26.7 Å². The van der Waals surface area contributed by atoms with Gasteiger partial charge in [0.1, 0.15) is 10.6 Å². The van der Waals surface area contributed by atoms with E-state index in [0.29, 0.717) is 18.0 Å². The Morgan fingerprint density at radius 2 is 1.96 bits per heavy atom. The second kappa shape index (κ2) is 8.19. The predicted molar refractivity (Wildman–Crippen MR) is 97.4 cm³/mol. The minimum absolute atomic E-state index is 0.0192. The van der Waals surface area contributed by atoms with Crippen LogP contribution in [0.5, 0.6) is 5.75 Å². The number of hydrogen-bond donors (Lipinski definition) is 1. The lowest BCUT2D eigenvalue weighted by molar-refractivity contribution is 0.0779. The van der Waals surface area contributed by atoms with E-state index in [9.17, 15) is 13.2 Å². The van der Waals surface area contributed by atoms with Crippen molar-refractivity contribution in [3.05, 3.63) is 23.8 Å². The molecular weight excluding hydrogens is 340 g/mol. The number of rotatable bonds is 7. The zero-order chi connectivity index (χ0) is 18.6. The van der Waals surface area contributed by atoms with E-state index in [1.165, 1.54) is 13.2 Å². The number of benzene rings is 1. The zero-order valence-electron chi connectivity index (χ0n) is 15.4. The molecule has 0 aromatic heterocycles. The lowest BCUT2D eigenvalue weighted by Crippen LogP contribution is -2.33. The zero-order valence-corrected chi connectivity index (χ0v) is 16.2. The summed E-state index contributed by atoms with van der Waals surface area (Å²) in [6.45, 7) is 4.66. The van der Waals surface area contributed by atoms with Gasteiger partial charge in [-0.3, -0.25) is 4.79 Å². The van der Waals surface area contributed by atoms with E-state index >= 15 is 0 Å². The molecule has 1 amide bonds. The highest BCUT2D eigenvalue weighted by Crippen LogP contribution is 2.27. The first-order chi connectivity index (χ1) is 11.7. The van der Waals surface area contributed by atoms with Gasteiger partial charge >= 0.3 is 0 Å². The molecule has 25 heavy (non-hydrogen) atoms. The smallest absolute Gasteiger partial charge is 0.253 e. The van der Waals surface area contributed by atoms with E-state index in [1.807, 2.05) is 13.8 Å². The van der Waals surface area contributed by atoms with Crippen LogP contribution in [0.2, 0.25) is 0 Å². The molecule has 0 atom stereocenters. The highest BCUT2D eigenvalue weighted by molar-refractivity contribution is 7.89. The molecule has 1 saturated carbocycles. The average Bonchev–Trinajstić information content (AvgIpc) is 3.05. The topological polar surface area (TPSA) is 75.7 Å². The van der Waals surface area contributed by atoms with Gasteiger partial charge in [-0.15, -0.1) is 0 Å². The molecule has 2 rings (SSSR count). The maximum Gasteiger partial charge on any atom is 0.253 e. The maximum absolute atomic E-state index is 12.8. The first kappa shape index (κ1) is 19.7. The number of nitrogens with zero attached hydrogens (tertiary/aromatic N) is 1. The van der Waals surface area contributed by atoms with Crippen molar-refractivity contribution in [2.24, 2.45) is 5.92 Å². The van der Waals surface area contributed by atoms with Crippen LogP contribution < -0.4 is 9.46 Å². The van der Waals surface area contributed by atoms with Crippen LogP contribution in [-0.4, -0.2) is 46.0 Å². The van der Waals surface area contributed by atoms with Crippen LogP contribution >= 0.6 is 0 Å². The van der Waals surface area contributed by atoms with Gasteiger partial charge in [-0.25, -0.2) is 13.1 Å². The summed E-state index contributed by atoms with van der Waals surface area (Å²) in [4.78, 5) is 14.2. The van der Waals surface area contributed by atoms with Gasteiger partial charge in [0, 0.05) is 25.2 Å². The second-order valence-electron chi connectivity index (χ2n) is 7.05. The third-order valence-corrected chi connectivity index (χ3v) is 5.90. The molecule has 1 aromatic carbocycles. The van der Waals surface area contributed by atoms with Gasteiger partial charge in [0.05, 0.1) is 7.11 Å². The van der Waals surface area contributed by atoms with Crippen molar-refractivity contribution in [2.75, 3.05) is 20.7 Å². The lowest BCUT2D eigenvalue weighted by Gasteiger charge is -2.20. The standard InChI is InChI=1S/C18H28N2O4S/c1-13(2)12-20(3)18(21)14-9-10-16(24-4)17(11-14)25(22,23)19-15-7-5-6-8-15/h9-11,13,15,19H,5-8,12H2,1-4H3. The lowest BCUT2D eigenvalue weighted by atomic mass is 10.1. The summed E-state index contributed by atoms with van der Waals surface area (Å²) in [6, 6.07) is 4.51. The Bertz CT molecular complexity index is 710. The summed E-state index contributed by atoms with van der Waals surface area (Å²) >= 11 is 0. The van der Waals surface area contributed by atoms with E-state index in [1.54, 1.807) is 24.1 Å². The van der Waals surface area contributed by atoms with E-state index in [-0.39, 0.29) is 22.6 Å². The molecule has 6 nitrogen and oxygen atoms in total. The summed E-state index contributed by atoms with van der Waals surface area (Å²) in [7, 11) is -0.590. The second-order valence-corrected chi connectivity index (χ2v) is 8.73. The molecule has 1 aliphatic rings. The van der Waals surface area contributed by atoms with Crippen molar-refractivity contribution in [1.82, 2.24) is 9.62 Å². The molecule has 0 unspecified atom stereocenters. The number of carbonyl (C=O) groups is 1. The van der Waals surface area contributed by atoms with Gasteiger partial charge in [0.25, 0.3) is 5.91 Å². The highest BCUT2D eigenvalue weighted by atomic mass is 32.2. The Morgan fingerprint density at radius 1 is 1.32 bits per heavy atom. The third-order valence-electron chi connectivity index (χ3n) is 4.36. The fourth-order valence-electron chi connectivity index (χ4n) is 3.20. The Kier molecular flexibility index (Phi) is 6.46. The molecular formula is C18H28N2O4S. The molecule has 0 bridgehead atoms. The molecule has 1 aliphatic carbocycles. The van der Waals surface area contributed by atoms with Crippen molar-refractivity contribution in [3.63, 3.8) is 0 Å². The van der Waals surface area contributed by atoms with Crippen LogP contribution in [-0.2, 0) is 10.0 Å². The normalized spacial score (nSPS) is 15.6. The molecule has 1 aromatic rings. The van der Waals surface area contributed by atoms with Gasteiger partial charge < -0.3 is 9.64 Å². The van der Waals surface area contributed by atoms with Crippen molar-refractivity contribution in [3.8, 4) is 5.75 Å². The van der Waals surface area contributed by atoms with Crippen molar-refractivity contribution in [2.45, 2.75) is 50.5 Å². The summed E-state index contributed by atoms with van der Waals surface area (Å²) in [5, 5.41) is 0. The molecule has 1 N–H and O–H groups in total. The average molecular weight is 368 g/mol. The molecule has 0 heterocycles. The third kappa shape index (κ3) is 4.95. The summed E-state index contributed by atoms with van der Waals surface area (Å²) < 4.78 is 33.5. The van der Waals surface area contributed by atoms with Crippen LogP contribution in [0.25, 0.3) is 0 Å². The number of carbonyl (C=O) groups excluding carboxylic acids is 1. The first-order valence-electron chi connectivity index (χ1n) is 8.70. The van der Waals surface area contributed by atoms with E-state index in [0.717, 1.165) is 25.7 Å². The number of nitrogens with one attached hydrogen (secondary N) is 1. The Hall–Kier alpha value is -1.60. The van der Waals surface area contributed by atoms with Crippen LogP contribution in [0, 0.1) is 5.92 Å². The van der Waals surface area contributed by atoms with Gasteiger partial charge in [-0.05, 0) is 37.0 Å². The van der Waals surface area contributed by atoms with Gasteiger partial charge in [-0.2, -0.15) is 0 Å². The van der Waals surface area contributed by atoms with Gasteiger partial charge in [0.15, 0.2) is 0 Å². The molecule has 0 spiro atoms. The van der Waals surface area contributed by atoms with Crippen molar-refractivity contribution < 1.29 is 17.9 Å². The fraction of sp³-hybridized carbons (Fsp3) is 0.611. The Morgan fingerprint density at radius 3 is 2.52 bits per heavy atom. The molecule has 1 fully saturated rings. The van der Waals surface area contributed by atoms with E-state index in [2.05, 4.69) is 4.72 Å². The monoisotopic (exact) mass is 368 g/mol. The largest absolute Gasteiger partial charge is 0.495 e. The number of sulfonamides is 1. The highest BCUT2D eigenvalue weighted by Gasteiger charge is 2.27. The van der Waals surface area contributed by atoms with Crippen LogP contribution in [0.4, 0.5) is 0 Å². The summed E-state index contributed by atoms with van der Waals surface area (Å²) in [5.74, 6) is 0.377. The number of hydrogen-bond acceptors (Lipinski definition) is 4. The minimum Gasteiger partial charge on any atom is -0.495 e. The van der Waals surface area contributed by atoms with Crippen LogP contribution in [0.1, 0.15) is 49.9 Å². The van der Waals surface area contributed by atoms with Crippen molar-refractivity contribution in [1.29, 1.82) is 0 Å². The number of ether oxygens (including phenoxy) is 1. The molecule has 0 radical (unpaired) electrons. The van der Waals surface area contributed by atoms with Crippen LogP contribution in [0.3, 0.4) is 0 Å². The predicted octanol–water partition coefficient (Wildman–Crippen LogP) is 2.64. The Labute approximate surface area is 150 Å². The quantitative estimate of drug-likeness (QED) is 0.803. The minimum atomic E-state index is -3.74. The first-order valence-corrected chi connectivity index (χ1v) is 10.2. The summed E-state index contributed by atoms with van der Waals surface area (Å²) in [5.41, 5.74) is 0.343. The van der Waals surface area contributed by atoms with Crippen molar-refractivity contribution >= 4 is 15.9 Å². The Balaban J connectivity index is 2.31. The SMILES string of the molecule is COc1ccc(C(=O)N(C)CC(C)C)cc1S(=O)(=O)NC1CCCC1. The molecule has 0 saturated heterocycles. The van der Waals surface area contributed by atoms with E-state index in [4.69, 9.17) is 4.74 Å². The molecule has 140 valence electrons. The van der Waals surface area contributed by atoms with E-state index < -0.39 is 10.0 Å². The maximum atomic E-state index is 12.8.